The first-order valence-electron chi connectivity index (χ1n) is 25.6. The maximum atomic E-state index is 11.3. The van der Waals surface area contributed by atoms with Gasteiger partial charge in [0.05, 0.1) is 13.2 Å². The first-order valence-corrected chi connectivity index (χ1v) is 25.6. The molecule has 10 nitrogen and oxygen atoms in total. The highest BCUT2D eigenvalue weighted by atomic mass is 16.7. The van der Waals surface area contributed by atoms with Crippen molar-refractivity contribution in [3.05, 3.63) is 176 Å². The summed E-state index contributed by atoms with van der Waals surface area (Å²) in [7, 11) is 0. The molecule has 10 heteroatoms. The zero-order valence-electron chi connectivity index (χ0n) is 43.0. The molecule has 3 aromatic carbocycles. The van der Waals surface area contributed by atoms with Gasteiger partial charge in [-0.15, -0.1) is 0 Å². The largest absolute Gasteiger partial charge is 0.439 e. The number of rotatable bonds is 9. The van der Waals surface area contributed by atoms with Crippen LogP contribution in [0.1, 0.15) is 127 Å². The number of carbonyl (C=O) groups excluding carboxylic acids is 1. The van der Waals surface area contributed by atoms with Crippen molar-refractivity contribution in [3.63, 3.8) is 0 Å². The molecule has 72 heavy (non-hydrogen) atoms. The minimum Gasteiger partial charge on any atom is -0.439 e. The van der Waals surface area contributed by atoms with Crippen LogP contribution in [0.5, 0.6) is 34.9 Å². The minimum absolute atomic E-state index is 0.310. The molecule has 1 spiro atoms. The number of benzene rings is 3. The highest BCUT2D eigenvalue weighted by Crippen LogP contribution is 2.39. The Kier molecular flexibility index (Phi) is 17.6. The molecule has 4 aliphatic rings. The number of aromatic nitrogens is 3. The second-order valence-electron chi connectivity index (χ2n) is 20.0. The summed E-state index contributed by atoms with van der Waals surface area (Å²) in [5.74, 6) is 4.36. The molecule has 3 saturated carbocycles. The van der Waals surface area contributed by atoms with Crippen LogP contribution in [0, 0.1) is 41.5 Å². The third-order valence-electron chi connectivity index (χ3n) is 13.2. The number of hydrogen-bond donors (Lipinski definition) is 1. The molecule has 3 aliphatic carbocycles. The first-order chi connectivity index (χ1) is 34.8. The molecule has 10 rings (SSSR count). The molecule has 3 aromatic heterocycles. The molecular formula is C62H70N4O6. The maximum absolute atomic E-state index is 11.3. The summed E-state index contributed by atoms with van der Waals surface area (Å²) in [4.78, 5) is 24.3. The van der Waals surface area contributed by atoms with E-state index in [1.54, 1.807) is 6.20 Å². The first kappa shape index (κ1) is 51.6. The lowest BCUT2D eigenvalue weighted by atomic mass is 9.88. The number of nitrogens with zero attached hydrogens (tertiary/aromatic N) is 3. The van der Waals surface area contributed by atoms with Crippen LogP contribution in [0.2, 0.25) is 0 Å². The van der Waals surface area contributed by atoms with E-state index in [9.17, 15) is 4.79 Å². The van der Waals surface area contributed by atoms with Gasteiger partial charge >= 0.3 is 0 Å². The molecule has 6 aromatic rings. The van der Waals surface area contributed by atoms with Gasteiger partial charge in [-0.3, -0.25) is 4.79 Å². The summed E-state index contributed by atoms with van der Waals surface area (Å²) in [6, 6.07) is 30.8. The molecule has 0 atom stereocenters. The van der Waals surface area contributed by atoms with Gasteiger partial charge in [0.15, 0.2) is 5.79 Å². The Hall–Kier alpha value is -6.72. The normalized spacial score (nSPS) is 17.2. The summed E-state index contributed by atoms with van der Waals surface area (Å²) in [6.45, 7) is 13.7. The lowest BCUT2D eigenvalue weighted by Crippen LogP contribution is -2.33. The Morgan fingerprint density at radius 1 is 0.472 bits per heavy atom. The quantitative estimate of drug-likeness (QED) is 0.150. The van der Waals surface area contributed by atoms with Crippen LogP contribution in [0.3, 0.4) is 0 Å². The van der Waals surface area contributed by atoms with Crippen molar-refractivity contribution < 1.29 is 28.5 Å². The standard InChI is InChI=1S/C22H25NO3.C20H24N2O.C20H21NO2/c1-16-3-4-21(23-15-16)26-20-12-17(2)11-19(14-20)13-18-5-7-22(8-6-18)24-9-10-25-22;1-14-3-8-20(22-13-14)23-19-10-15(2)9-17(12-19)11-16-4-6-18(21)7-5-16;1-14-3-8-20(21-13-14)23-19-10-15(2)9-17(12-19)11-16-4-6-18(22)7-5-16/h3-4,11-15H,5-10H2,1-2H3;3,8-13,18H,4-7,21H2,1-2H3;3,8-13H,4-7H2,1-2H3. The topological polar surface area (TPSA) is 128 Å². The van der Waals surface area contributed by atoms with Crippen molar-refractivity contribution in [2.45, 2.75) is 130 Å². The van der Waals surface area contributed by atoms with E-state index in [4.69, 9.17) is 29.4 Å². The van der Waals surface area contributed by atoms with Gasteiger partial charge in [-0.2, -0.15) is 0 Å². The number of ether oxygens (including phenoxy) is 5. The molecule has 0 unspecified atom stereocenters. The van der Waals surface area contributed by atoms with Crippen LogP contribution < -0.4 is 19.9 Å². The molecule has 4 fully saturated rings. The van der Waals surface area contributed by atoms with E-state index in [1.165, 1.54) is 39.0 Å². The van der Waals surface area contributed by atoms with E-state index >= 15 is 0 Å². The van der Waals surface area contributed by atoms with Crippen molar-refractivity contribution in [2.75, 3.05) is 13.2 Å². The lowest BCUT2D eigenvalue weighted by molar-refractivity contribution is -0.171. The van der Waals surface area contributed by atoms with Crippen LogP contribution in [-0.2, 0) is 14.3 Å². The molecule has 0 radical (unpaired) electrons. The van der Waals surface area contributed by atoms with E-state index in [2.05, 4.69) is 84.3 Å². The van der Waals surface area contributed by atoms with E-state index in [1.807, 2.05) is 93.8 Å². The van der Waals surface area contributed by atoms with Gasteiger partial charge in [-0.05, 0) is 179 Å². The molecule has 4 heterocycles. The van der Waals surface area contributed by atoms with Crippen molar-refractivity contribution in [2.24, 2.45) is 5.73 Å². The highest BCUT2D eigenvalue weighted by Gasteiger charge is 2.38. The molecule has 2 N–H and O–H groups in total. The summed E-state index contributed by atoms with van der Waals surface area (Å²) >= 11 is 0. The van der Waals surface area contributed by atoms with Gasteiger partial charge in [0.1, 0.15) is 23.0 Å². The third-order valence-corrected chi connectivity index (χ3v) is 13.2. The molecule has 374 valence electrons. The Balaban J connectivity index is 0.000000145. The molecule has 1 aliphatic heterocycles. The summed E-state index contributed by atoms with van der Waals surface area (Å²) in [6.07, 6.45) is 23.6. The summed E-state index contributed by atoms with van der Waals surface area (Å²) < 4.78 is 29.3. The Labute approximate surface area is 426 Å². The van der Waals surface area contributed by atoms with Crippen LogP contribution >= 0.6 is 0 Å². The zero-order chi connectivity index (χ0) is 50.5. The number of Topliss-reactive ketones (excluding diaryl/α,β-unsaturated/α-hetero) is 1. The lowest BCUT2D eigenvalue weighted by Gasteiger charge is -2.32. The minimum atomic E-state index is -0.310. The smallest absolute Gasteiger partial charge is 0.219 e. The van der Waals surface area contributed by atoms with Crippen molar-refractivity contribution in [1.29, 1.82) is 0 Å². The van der Waals surface area contributed by atoms with Crippen LogP contribution in [0.15, 0.2) is 126 Å². The van der Waals surface area contributed by atoms with Gasteiger partial charge in [-0.1, -0.05) is 71.3 Å². The number of ketones is 1. The fourth-order valence-corrected chi connectivity index (χ4v) is 9.40. The van der Waals surface area contributed by atoms with E-state index in [-0.39, 0.29) is 5.79 Å². The van der Waals surface area contributed by atoms with Crippen LogP contribution in [0.4, 0.5) is 0 Å². The average Bonchev–Trinajstić information content (AvgIpc) is 3.81. The number of allylic oxidation sites excluding steroid dienone is 3. The van der Waals surface area contributed by atoms with Crippen molar-refractivity contribution >= 4 is 24.0 Å². The predicted molar refractivity (Wildman–Crippen MR) is 288 cm³/mol. The maximum Gasteiger partial charge on any atom is 0.219 e. The monoisotopic (exact) mass is 967 g/mol. The predicted octanol–water partition coefficient (Wildman–Crippen LogP) is 15.0. The van der Waals surface area contributed by atoms with Crippen molar-refractivity contribution in [1.82, 2.24) is 15.0 Å². The number of carbonyl (C=O) groups is 1. The highest BCUT2D eigenvalue weighted by molar-refractivity contribution is 5.80. The molecule has 1 saturated heterocycles. The number of pyridine rings is 3. The number of hydrogen-bond acceptors (Lipinski definition) is 10. The van der Waals surface area contributed by atoms with Gasteiger partial charge in [0, 0.05) is 68.5 Å². The second-order valence-corrected chi connectivity index (χ2v) is 20.0. The number of nitrogens with two attached hydrogens (primary N) is 1. The Bertz CT molecular complexity index is 2850. The van der Waals surface area contributed by atoms with Crippen LogP contribution in [-0.4, -0.2) is 45.8 Å². The second kappa shape index (κ2) is 24.6. The summed E-state index contributed by atoms with van der Waals surface area (Å²) in [5.41, 5.74) is 20.6. The third kappa shape index (κ3) is 15.9. The zero-order valence-corrected chi connectivity index (χ0v) is 43.0. The van der Waals surface area contributed by atoms with Gasteiger partial charge < -0.3 is 29.4 Å². The van der Waals surface area contributed by atoms with E-state index in [0.717, 1.165) is 122 Å². The van der Waals surface area contributed by atoms with Gasteiger partial charge in [0.25, 0.3) is 0 Å². The Morgan fingerprint density at radius 3 is 1.19 bits per heavy atom. The van der Waals surface area contributed by atoms with Crippen molar-refractivity contribution in [3.8, 4) is 34.9 Å². The molecule has 0 amide bonds. The van der Waals surface area contributed by atoms with Crippen LogP contribution in [0.25, 0.3) is 18.2 Å². The average molecular weight is 967 g/mol. The Morgan fingerprint density at radius 2 is 0.833 bits per heavy atom. The fourth-order valence-electron chi connectivity index (χ4n) is 9.40. The molecular weight excluding hydrogens is 897 g/mol. The SMILES string of the molecule is Cc1ccc(Oc2cc(C)cc(C=C3CCC(=O)CC3)c2)nc1.Cc1ccc(Oc2cc(C)cc(C=C3CCC(N)CC3)c2)nc1.Cc1ccc(Oc2cc(C)cc(C=C3CCC4(CC3)OCCO4)c2)nc1. The van der Waals surface area contributed by atoms with Gasteiger partial charge in [-0.25, -0.2) is 15.0 Å². The van der Waals surface area contributed by atoms with E-state index in [0.29, 0.717) is 42.3 Å². The number of aryl methyl sites for hydroxylation is 6. The fraction of sp³-hybridized carbons (Fsp3) is 0.355. The van der Waals surface area contributed by atoms with E-state index < -0.39 is 0 Å². The summed E-state index contributed by atoms with van der Waals surface area (Å²) in [5, 5.41) is 0. The van der Waals surface area contributed by atoms with Gasteiger partial charge in [0.2, 0.25) is 17.6 Å². The molecule has 0 bridgehead atoms.